The SMILES string of the molecule is CC(=O)N1N=C(c2ccc(Cl)cc2)CC1c1cn[nH]c1-c1ccccc1O. The van der Waals surface area contributed by atoms with Crippen molar-refractivity contribution in [3.05, 3.63) is 70.9 Å². The average molecular weight is 381 g/mol. The number of phenolic OH excluding ortho intramolecular Hbond substituents is 1. The van der Waals surface area contributed by atoms with Crippen LogP contribution in [0.1, 0.15) is 30.5 Å². The fraction of sp³-hybridized carbons (Fsp3) is 0.150. The molecule has 1 aromatic heterocycles. The summed E-state index contributed by atoms with van der Waals surface area (Å²) in [6.07, 6.45) is 2.23. The first-order valence-corrected chi connectivity index (χ1v) is 8.87. The van der Waals surface area contributed by atoms with E-state index in [-0.39, 0.29) is 17.7 Å². The van der Waals surface area contributed by atoms with Gasteiger partial charge in [0, 0.05) is 29.5 Å². The topological polar surface area (TPSA) is 81.6 Å². The molecule has 2 N–H and O–H groups in total. The molecule has 6 nitrogen and oxygen atoms in total. The Morgan fingerprint density at radius 3 is 2.67 bits per heavy atom. The molecule has 4 rings (SSSR count). The van der Waals surface area contributed by atoms with Gasteiger partial charge in [0.15, 0.2) is 0 Å². The number of rotatable bonds is 3. The summed E-state index contributed by atoms with van der Waals surface area (Å²) in [6.45, 7) is 1.49. The number of aromatic nitrogens is 2. The van der Waals surface area contributed by atoms with Gasteiger partial charge >= 0.3 is 0 Å². The second kappa shape index (κ2) is 6.89. The number of aromatic hydroxyl groups is 1. The van der Waals surface area contributed by atoms with E-state index in [0.717, 1.165) is 16.8 Å². The molecule has 0 aliphatic carbocycles. The van der Waals surface area contributed by atoms with Crippen molar-refractivity contribution in [1.29, 1.82) is 0 Å². The molecular weight excluding hydrogens is 364 g/mol. The first-order valence-electron chi connectivity index (χ1n) is 8.49. The molecule has 136 valence electrons. The molecule has 1 aliphatic heterocycles. The van der Waals surface area contributed by atoms with Crippen LogP contribution in [0.5, 0.6) is 5.75 Å². The molecule has 1 unspecified atom stereocenters. The quantitative estimate of drug-likeness (QED) is 0.716. The molecule has 0 spiro atoms. The monoisotopic (exact) mass is 380 g/mol. The highest BCUT2D eigenvalue weighted by Gasteiger charge is 2.34. The van der Waals surface area contributed by atoms with Crippen molar-refractivity contribution in [2.45, 2.75) is 19.4 Å². The van der Waals surface area contributed by atoms with Crippen LogP contribution in [0.2, 0.25) is 5.02 Å². The van der Waals surface area contributed by atoms with Gasteiger partial charge in [-0.15, -0.1) is 0 Å². The second-order valence-electron chi connectivity index (χ2n) is 6.35. The summed E-state index contributed by atoms with van der Waals surface area (Å²) in [5.74, 6) is -0.0115. The zero-order chi connectivity index (χ0) is 19.0. The van der Waals surface area contributed by atoms with Crippen LogP contribution in [0.4, 0.5) is 0 Å². The Bertz CT molecular complexity index is 1030. The van der Waals surface area contributed by atoms with Gasteiger partial charge in [0.25, 0.3) is 0 Å². The maximum Gasteiger partial charge on any atom is 0.240 e. The van der Waals surface area contributed by atoms with Crippen LogP contribution in [-0.2, 0) is 4.79 Å². The first-order chi connectivity index (χ1) is 13.0. The Kier molecular flexibility index (Phi) is 4.41. The van der Waals surface area contributed by atoms with Crippen molar-refractivity contribution < 1.29 is 9.90 Å². The standard InChI is InChI=1S/C20H17ClN4O2/c1-12(26)25-18(10-17(24-25)13-6-8-14(21)9-7-13)16-11-22-23-20(16)15-4-2-3-5-19(15)27/h2-9,11,18,27H,10H2,1H3,(H,22,23). The Labute approximate surface area is 161 Å². The van der Waals surface area contributed by atoms with Gasteiger partial charge in [-0.25, -0.2) is 5.01 Å². The number of halogens is 1. The summed E-state index contributed by atoms with van der Waals surface area (Å²) < 4.78 is 0. The van der Waals surface area contributed by atoms with E-state index in [1.54, 1.807) is 36.5 Å². The summed E-state index contributed by atoms with van der Waals surface area (Å²) in [5, 5.41) is 24.0. The predicted octanol–water partition coefficient (Wildman–Crippen LogP) is 4.13. The summed E-state index contributed by atoms with van der Waals surface area (Å²) >= 11 is 5.97. The van der Waals surface area contributed by atoms with E-state index in [1.807, 2.05) is 18.2 Å². The third-order valence-electron chi connectivity index (χ3n) is 4.61. The molecule has 3 aromatic rings. The minimum absolute atomic E-state index is 0.147. The number of hydrogen-bond donors (Lipinski definition) is 2. The van der Waals surface area contributed by atoms with Crippen molar-refractivity contribution in [2.75, 3.05) is 0 Å². The van der Waals surface area contributed by atoms with E-state index in [9.17, 15) is 9.90 Å². The number of benzene rings is 2. The molecule has 1 aliphatic rings. The molecule has 0 saturated carbocycles. The number of para-hydroxylation sites is 1. The lowest BCUT2D eigenvalue weighted by Crippen LogP contribution is -2.24. The zero-order valence-corrected chi connectivity index (χ0v) is 15.3. The van der Waals surface area contributed by atoms with Gasteiger partial charge in [0.05, 0.1) is 23.6 Å². The van der Waals surface area contributed by atoms with Crippen molar-refractivity contribution in [3.63, 3.8) is 0 Å². The number of aromatic amines is 1. The van der Waals surface area contributed by atoms with Crippen molar-refractivity contribution in [3.8, 4) is 17.0 Å². The predicted molar refractivity (Wildman–Crippen MR) is 104 cm³/mol. The molecule has 0 saturated heterocycles. The fourth-order valence-electron chi connectivity index (χ4n) is 3.31. The summed E-state index contributed by atoms with van der Waals surface area (Å²) in [7, 11) is 0. The average Bonchev–Trinajstić information content (AvgIpc) is 3.29. The molecule has 0 radical (unpaired) electrons. The molecule has 0 bridgehead atoms. The van der Waals surface area contributed by atoms with Crippen LogP contribution in [0.25, 0.3) is 11.3 Å². The number of hydrazone groups is 1. The van der Waals surface area contributed by atoms with E-state index in [0.29, 0.717) is 22.7 Å². The number of nitrogens with one attached hydrogen (secondary N) is 1. The highest BCUT2D eigenvalue weighted by molar-refractivity contribution is 6.30. The smallest absolute Gasteiger partial charge is 0.240 e. The van der Waals surface area contributed by atoms with E-state index in [2.05, 4.69) is 15.3 Å². The van der Waals surface area contributed by atoms with Crippen molar-refractivity contribution in [1.82, 2.24) is 15.2 Å². The largest absolute Gasteiger partial charge is 0.507 e. The molecule has 2 heterocycles. The third-order valence-corrected chi connectivity index (χ3v) is 4.86. The van der Waals surface area contributed by atoms with Crippen LogP contribution < -0.4 is 0 Å². The van der Waals surface area contributed by atoms with Gasteiger partial charge in [0.2, 0.25) is 5.91 Å². The summed E-state index contributed by atoms with van der Waals surface area (Å²) in [4.78, 5) is 12.2. The lowest BCUT2D eigenvalue weighted by atomic mass is 9.96. The Hall–Kier alpha value is -3.12. The molecular formula is C20H17ClN4O2. The van der Waals surface area contributed by atoms with Crippen LogP contribution in [0, 0.1) is 0 Å². The highest BCUT2D eigenvalue weighted by atomic mass is 35.5. The van der Waals surface area contributed by atoms with E-state index in [4.69, 9.17) is 11.6 Å². The van der Waals surface area contributed by atoms with Gasteiger partial charge in [-0.1, -0.05) is 35.9 Å². The van der Waals surface area contributed by atoms with E-state index in [1.165, 1.54) is 11.9 Å². The minimum atomic E-state index is -0.304. The fourth-order valence-corrected chi connectivity index (χ4v) is 3.43. The molecule has 1 atom stereocenters. The third kappa shape index (κ3) is 3.19. The number of carbonyl (C=O) groups is 1. The lowest BCUT2D eigenvalue weighted by molar-refractivity contribution is -0.130. The molecule has 7 heteroatoms. The van der Waals surface area contributed by atoms with Gasteiger partial charge in [-0.2, -0.15) is 10.2 Å². The van der Waals surface area contributed by atoms with Crippen LogP contribution in [-0.4, -0.2) is 31.9 Å². The van der Waals surface area contributed by atoms with Gasteiger partial charge in [-0.3, -0.25) is 9.89 Å². The number of H-pyrrole nitrogens is 1. The highest BCUT2D eigenvalue weighted by Crippen LogP contribution is 2.39. The van der Waals surface area contributed by atoms with E-state index >= 15 is 0 Å². The summed E-state index contributed by atoms with van der Waals surface area (Å²) in [6, 6.07) is 14.1. The number of hydrogen-bond acceptors (Lipinski definition) is 4. The number of phenols is 1. The molecule has 27 heavy (non-hydrogen) atoms. The normalized spacial score (nSPS) is 16.4. The molecule has 1 amide bonds. The maximum atomic E-state index is 12.2. The molecule has 0 fully saturated rings. The number of amides is 1. The maximum absolute atomic E-state index is 12.2. The number of nitrogens with zero attached hydrogens (tertiary/aromatic N) is 3. The van der Waals surface area contributed by atoms with Crippen LogP contribution in [0.3, 0.4) is 0 Å². The minimum Gasteiger partial charge on any atom is -0.507 e. The van der Waals surface area contributed by atoms with Crippen molar-refractivity contribution in [2.24, 2.45) is 5.10 Å². The van der Waals surface area contributed by atoms with E-state index < -0.39 is 0 Å². The zero-order valence-electron chi connectivity index (χ0n) is 14.6. The van der Waals surface area contributed by atoms with Crippen molar-refractivity contribution >= 4 is 23.2 Å². The van der Waals surface area contributed by atoms with Gasteiger partial charge in [0.1, 0.15) is 5.75 Å². The number of carbonyl (C=O) groups excluding carboxylic acids is 1. The first kappa shape index (κ1) is 17.3. The summed E-state index contributed by atoms with van der Waals surface area (Å²) in [5.41, 5.74) is 3.84. The Morgan fingerprint density at radius 1 is 1.22 bits per heavy atom. The Morgan fingerprint density at radius 2 is 1.96 bits per heavy atom. The van der Waals surface area contributed by atoms with Crippen LogP contribution in [0.15, 0.2) is 59.8 Å². The second-order valence-corrected chi connectivity index (χ2v) is 6.79. The van der Waals surface area contributed by atoms with Crippen LogP contribution >= 0.6 is 11.6 Å². The van der Waals surface area contributed by atoms with Gasteiger partial charge < -0.3 is 5.11 Å². The Balaban J connectivity index is 1.73. The van der Waals surface area contributed by atoms with Gasteiger partial charge in [-0.05, 0) is 29.8 Å². The lowest BCUT2D eigenvalue weighted by Gasteiger charge is -2.20. The molecule has 2 aromatic carbocycles.